The number of aliphatic hydroxyl groups excluding tert-OH is 1. The molecule has 1 amide bonds. The highest BCUT2D eigenvalue weighted by atomic mass is 32.2. The average Bonchev–Trinajstić information content (AvgIpc) is 2.18. The van der Waals surface area contributed by atoms with Crippen molar-refractivity contribution >= 4 is 17.7 Å². The number of carbonyl (C=O) groups is 1. The number of rotatable bonds is 4. The van der Waals surface area contributed by atoms with Crippen molar-refractivity contribution in [3.05, 3.63) is 0 Å². The summed E-state index contributed by atoms with van der Waals surface area (Å²) in [5.74, 6) is 2.13. The number of hydrogen-bond donors (Lipinski definition) is 3. The Morgan fingerprint density at radius 3 is 2.93 bits per heavy atom. The van der Waals surface area contributed by atoms with Crippen molar-refractivity contribution in [1.82, 2.24) is 10.6 Å². The van der Waals surface area contributed by atoms with Gasteiger partial charge in [-0.3, -0.25) is 4.79 Å². The number of thioether (sulfide) groups is 1. The summed E-state index contributed by atoms with van der Waals surface area (Å²) in [6.07, 6.45) is 0.496. The van der Waals surface area contributed by atoms with Crippen molar-refractivity contribution in [2.75, 3.05) is 24.7 Å². The van der Waals surface area contributed by atoms with Gasteiger partial charge in [0, 0.05) is 30.5 Å². The Bertz CT molecular complexity index is 215. The highest BCUT2D eigenvalue weighted by Crippen LogP contribution is 2.10. The Hall–Kier alpha value is -0.260. The molecular weight excluding hydrogens is 212 g/mol. The van der Waals surface area contributed by atoms with Gasteiger partial charge in [0.25, 0.3) is 0 Å². The predicted octanol–water partition coefficient (Wildman–Crippen LogP) is -0.0314. The molecule has 1 saturated heterocycles. The second kappa shape index (κ2) is 5.72. The molecule has 0 aromatic heterocycles. The van der Waals surface area contributed by atoms with Gasteiger partial charge in [-0.25, -0.2) is 0 Å². The monoisotopic (exact) mass is 232 g/mol. The van der Waals surface area contributed by atoms with E-state index in [1.165, 1.54) is 0 Å². The normalized spacial score (nSPS) is 22.5. The van der Waals surface area contributed by atoms with E-state index in [1.54, 1.807) is 0 Å². The molecule has 1 heterocycles. The van der Waals surface area contributed by atoms with E-state index < -0.39 is 5.54 Å². The molecule has 1 fully saturated rings. The van der Waals surface area contributed by atoms with Gasteiger partial charge >= 0.3 is 0 Å². The molecule has 0 aromatic rings. The summed E-state index contributed by atoms with van der Waals surface area (Å²) in [5, 5.41) is 15.1. The first-order chi connectivity index (χ1) is 7.03. The maximum Gasteiger partial charge on any atom is 0.222 e. The Morgan fingerprint density at radius 2 is 2.40 bits per heavy atom. The van der Waals surface area contributed by atoms with Crippen molar-refractivity contribution in [3.8, 4) is 0 Å². The van der Waals surface area contributed by atoms with Crippen LogP contribution in [-0.2, 0) is 4.79 Å². The first kappa shape index (κ1) is 12.8. The Balaban J connectivity index is 2.28. The molecule has 1 aliphatic rings. The molecule has 0 aromatic carbocycles. The lowest BCUT2D eigenvalue weighted by Gasteiger charge is -2.27. The topological polar surface area (TPSA) is 61.4 Å². The Morgan fingerprint density at radius 1 is 1.67 bits per heavy atom. The summed E-state index contributed by atoms with van der Waals surface area (Å²) in [6.45, 7) is 4.57. The fourth-order valence-electron chi connectivity index (χ4n) is 1.44. The van der Waals surface area contributed by atoms with E-state index in [0.29, 0.717) is 6.42 Å². The molecule has 0 radical (unpaired) electrons. The molecule has 4 nitrogen and oxygen atoms in total. The third-order valence-electron chi connectivity index (χ3n) is 2.30. The lowest BCUT2D eigenvalue weighted by atomic mass is 10.1. The van der Waals surface area contributed by atoms with Crippen molar-refractivity contribution in [2.45, 2.75) is 31.8 Å². The maximum atomic E-state index is 11.6. The number of aliphatic hydroxyl groups is 1. The van der Waals surface area contributed by atoms with E-state index >= 15 is 0 Å². The third kappa shape index (κ3) is 4.86. The first-order valence-electron chi connectivity index (χ1n) is 5.26. The quantitative estimate of drug-likeness (QED) is 0.637. The zero-order valence-electron chi connectivity index (χ0n) is 9.38. The predicted molar refractivity (Wildman–Crippen MR) is 63.0 cm³/mol. The lowest BCUT2D eigenvalue weighted by molar-refractivity contribution is -0.123. The molecule has 3 N–H and O–H groups in total. The average molecular weight is 232 g/mol. The van der Waals surface area contributed by atoms with Crippen LogP contribution < -0.4 is 10.6 Å². The highest BCUT2D eigenvalue weighted by Gasteiger charge is 2.22. The number of hydrogen-bond acceptors (Lipinski definition) is 4. The van der Waals surface area contributed by atoms with Gasteiger partial charge in [-0.05, 0) is 13.8 Å². The fraction of sp³-hybridized carbons (Fsp3) is 0.900. The molecule has 1 atom stereocenters. The summed E-state index contributed by atoms with van der Waals surface area (Å²) in [7, 11) is 0. The molecule has 0 aliphatic carbocycles. The third-order valence-corrected chi connectivity index (χ3v) is 3.43. The molecular formula is C10H20N2O2S. The summed E-state index contributed by atoms with van der Waals surface area (Å²) in [6, 6.07) is 0.276. The van der Waals surface area contributed by atoms with E-state index in [4.69, 9.17) is 5.11 Å². The molecule has 0 saturated carbocycles. The lowest BCUT2D eigenvalue weighted by Crippen LogP contribution is -2.49. The van der Waals surface area contributed by atoms with Gasteiger partial charge in [-0.2, -0.15) is 11.8 Å². The molecule has 5 heteroatoms. The van der Waals surface area contributed by atoms with Crippen LogP contribution in [0.5, 0.6) is 0 Å². The minimum Gasteiger partial charge on any atom is -0.394 e. The van der Waals surface area contributed by atoms with Crippen LogP contribution in [0.15, 0.2) is 0 Å². The van der Waals surface area contributed by atoms with E-state index in [9.17, 15) is 4.79 Å². The van der Waals surface area contributed by atoms with E-state index in [1.807, 2.05) is 25.6 Å². The fourth-order valence-corrected chi connectivity index (χ4v) is 2.39. The molecule has 1 unspecified atom stereocenters. The van der Waals surface area contributed by atoms with Crippen LogP contribution in [-0.4, -0.2) is 47.3 Å². The molecule has 88 valence electrons. The van der Waals surface area contributed by atoms with Gasteiger partial charge in [0.15, 0.2) is 0 Å². The second-order valence-electron chi connectivity index (χ2n) is 4.52. The summed E-state index contributed by atoms with van der Waals surface area (Å²) < 4.78 is 0. The van der Waals surface area contributed by atoms with Gasteiger partial charge < -0.3 is 15.7 Å². The van der Waals surface area contributed by atoms with Crippen molar-refractivity contribution in [2.24, 2.45) is 0 Å². The van der Waals surface area contributed by atoms with Gasteiger partial charge in [0.05, 0.1) is 12.1 Å². The van der Waals surface area contributed by atoms with Crippen LogP contribution in [0.1, 0.15) is 20.3 Å². The van der Waals surface area contributed by atoms with E-state index in [0.717, 1.165) is 18.1 Å². The SMILES string of the molecule is CC(C)(CO)NC(=O)CC1CSCCN1. The number of amides is 1. The van der Waals surface area contributed by atoms with Crippen LogP contribution in [0.4, 0.5) is 0 Å². The molecule has 1 aliphatic heterocycles. The largest absolute Gasteiger partial charge is 0.394 e. The van der Waals surface area contributed by atoms with Crippen molar-refractivity contribution in [1.29, 1.82) is 0 Å². The molecule has 1 rings (SSSR count). The number of nitrogens with one attached hydrogen (secondary N) is 2. The van der Waals surface area contributed by atoms with Crippen LogP contribution in [0, 0.1) is 0 Å². The van der Waals surface area contributed by atoms with Crippen molar-refractivity contribution < 1.29 is 9.90 Å². The zero-order valence-corrected chi connectivity index (χ0v) is 10.2. The van der Waals surface area contributed by atoms with Crippen LogP contribution in [0.2, 0.25) is 0 Å². The summed E-state index contributed by atoms with van der Waals surface area (Å²) >= 11 is 1.88. The zero-order chi connectivity index (χ0) is 11.3. The minimum atomic E-state index is -0.515. The Kier molecular flexibility index (Phi) is 4.89. The van der Waals surface area contributed by atoms with Crippen LogP contribution in [0.3, 0.4) is 0 Å². The summed E-state index contributed by atoms with van der Waals surface area (Å²) in [4.78, 5) is 11.6. The van der Waals surface area contributed by atoms with Crippen molar-refractivity contribution in [3.63, 3.8) is 0 Å². The van der Waals surface area contributed by atoms with E-state index in [2.05, 4.69) is 10.6 Å². The highest BCUT2D eigenvalue weighted by molar-refractivity contribution is 7.99. The molecule has 0 bridgehead atoms. The smallest absolute Gasteiger partial charge is 0.222 e. The van der Waals surface area contributed by atoms with Gasteiger partial charge in [0.1, 0.15) is 0 Å². The van der Waals surface area contributed by atoms with Crippen LogP contribution in [0.25, 0.3) is 0 Å². The standard InChI is InChI=1S/C10H20N2O2S/c1-10(2,7-13)12-9(14)5-8-6-15-4-3-11-8/h8,11,13H,3-7H2,1-2H3,(H,12,14). The Labute approximate surface area is 95.2 Å². The summed E-state index contributed by atoms with van der Waals surface area (Å²) in [5.41, 5.74) is -0.515. The van der Waals surface area contributed by atoms with Gasteiger partial charge in [-0.15, -0.1) is 0 Å². The van der Waals surface area contributed by atoms with E-state index in [-0.39, 0.29) is 18.6 Å². The van der Waals surface area contributed by atoms with Crippen LogP contribution >= 0.6 is 11.8 Å². The molecule has 15 heavy (non-hydrogen) atoms. The first-order valence-corrected chi connectivity index (χ1v) is 6.42. The number of carbonyl (C=O) groups excluding carboxylic acids is 1. The maximum absolute atomic E-state index is 11.6. The second-order valence-corrected chi connectivity index (χ2v) is 5.67. The van der Waals surface area contributed by atoms with Gasteiger partial charge in [0.2, 0.25) is 5.91 Å². The van der Waals surface area contributed by atoms with Gasteiger partial charge in [-0.1, -0.05) is 0 Å². The molecule has 0 spiro atoms. The minimum absolute atomic E-state index is 0.00838.